The standard InChI is InChI=1S/C12H8FN3O/c13-9-4-6-10(7-5-9)17-12-3-1-2-11-15-14-8-16(11)12/h1-8H. The summed E-state index contributed by atoms with van der Waals surface area (Å²) in [4.78, 5) is 0. The zero-order chi connectivity index (χ0) is 11.7. The lowest BCUT2D eigenvalue weighted by molar-refractivity contribution is 0.454. The quantitative estimate of drug-likeness (QED) is 0.678. The third-order valence-electron chi connectivity index (χ3n) is 2.33. The van der Waals surface area contributed by atoms with Gasteiger partial charge in [0, 0.05) is 0 Å². The molecule has 0 atom stereocenters. The van der Waals surface area contributed by atoms with E-state index in [1.165, 1.54) is 12.1 Å². The molecule has 0 amide bonds. The predicted octanol–water partition coefficient (Wildman–Crippen LogP) is 2.66. The molecule has 0 unspecified atom stereocenters. The molecule has 0 radical (unpaired) electrons. The van der Waals surface area contributed by atoms with E-state index < -0.39 is 0 Å². The van der Waals surface area contributed by atoms with Gasteiger partial charge in [0.25, 0.3) is 0 Å². The van der Waals surface area contributed by atoms with Crippen molar-refractivity contribution in [2.75, 3.05) is 0 Å². The highest BCUT2D eigenvalue weighted by molar-refractivity contribution is 5.41. The number of hydrogen-bond acceptors (Lipinski definition) is 3. The summed E-state index contributed by atoms with van der Waals surface area (Å²) in [5.74, 6) is 0.853. The van der Waals surface area contributed by atoms with Crippen LogP contribution in [0.2, 0.25) is 0 Å². The van der Waals surface area contributed by atoms with Gasteiger partial charge in [0.05, 0.1) is 0 Å². The van der Waals surface area contributed by atoms with E-state index in [0.29, 0.717) is 17.3 Å². The Morgan fingerprint density at radius 1 is 1.06 bits per heavy atom. The Bertz CT molecular complexity index is 648. The molecule has 4 nitrogen and oxygen atoms in total. The highest BCUT2D eigenvalue weighted by atomic mass is 19.1. The van der Waals surface area contributed by atoms with Crippen LogP contribution < -0.4 is 4.74 Å². The first-order chi connectivity index (χ1) is 8.33. The third-order valence-corrected chi connectivity index (χ3v) is 2.33. The van der Waals surface area contributed by atoms with Crippen molar-refractivity contribution in [2.24, 2.45) is 0 Å². The first-order valence-corrected chi connectivity index (χ1v) is 5.05. The molecule has 3 aromatic rings. The first kappa shape index (κ1) is 9.77. The summed E-state index contributed by atoms with van der Waals surface area (Å²) < 4.78 is 20.1. The second kappa shape index (κ2) is 3.86. The van der Waals surface area contributed by atoms with Gasteiger partial charge < -0.3 is 4.74 Å². The number of ether oxygens (including phenoxy) is 1. The van der Waals surface area contributed by atoms with Gasteiger partial charge in [-0.25, -0.2) is 4.39 Å². The molecular weight excluding hydrogens is 221 g/mol. The predicted molar refractivity (Wildman–Crippen MR) is 59.5 cm³/mol. The number of nitrogens with zero attached hydrogens (tertiary/aromatic N) is 3. The molecule has 0 N–H and O–H groups in total. The van der Waals surface area contributed by atoms with Gasteiger partial charge in [-0.1, -0.05) is 6.07 Å². The fourth-order valence-electron chi connectivity index (χ4n) is 1.53. The molecule has 2 heterocycles. The number of fused-ring (bicyclic) bond motifs is 1. The van der Waals surface area contributed by atoms with Crippen molar-refractivity contribution in [3.05, 3.63) is 54.6 Å². The number of aromatic nitrogens is 3. The molecule has 5 heteroatoms. The van der Waals surface area contributed by atoms with Crippen LogP contribution in [0.4, 0.5) is 4.39 Å². The summed E-state index contributed by atoms with van der Waals surface area (Å²) >= 11 is 0. The fraction of sp³-hybridized carbons (Fsp3) is 0. The molecule has 0 aliphatic heterocycles. The summed E-state index contributed by atoms with van der Waals surface area (Å²) in [5, 5.41) is 7.70. The van der Waals surface area contributed by atoms with Crippen molar-refractivity contribution >= 4 is 5.65 Å². The second-order valence-electron chi connectivity index (χ2n) is 3.48. The minimum absolute atomic E-state index is 0.292. The van der Waals surface area contributed by atoms with Gasteiger partial charge in [0.1, 0.15) is 17.9 Å². The van der Waals surface area contributed by atoms with Crippen LogP contribution in [0.15, 0.2) is 48.8 Å². The number of hydrogen-bond donors (Lipinski definition) is 0. The molecule has 17 heavy (non-hydrogen) atoms. The maximum absolute atomic E-state index is 12.7. The summed E-state index contributed by atoms with van der Waals surface area (Å²) in [6.07, 6.45) is 1.56. The Morgan fingerprint density at radius 2 is 1.88 bits per heavy atom. The van der Waals surface area contributed by atoms with Crippen molar-refractivity contribution in [3.8, 4) is 11.6 Å². The SMILES string of the molecule is Fc1ccc(Oc2cccc3nncn23)cc1. The number of rotatable bonds is 2. The molecule has 2 aromatic heterocycles. The maximum Gasteiger partial charge on any atom is 0.207 e. The van der Waals surface area contributed by atoms with Gasteiger partial charge >= 0.3 is 0 Å². The summed E-state index contributed by atoms with van der Waals surface area (Å²) in [5.41, 5.74) is 0.699. The van der Waals surface area contributed by atoms with E-state index in [1.54, 1.807) is 28.9 Å². The molecule has 0 aliphatic carbocycles. The molecule has 0 saturated carbocycles. The highest BCUT2D eigenvalue weighted by Crippen LogP contribution is 2.21. The highest BCUT2D eigenvalue weighted by Gasteiger charge is 2.03. The Balaban J connectivity index is 1.99. The van der Waals surface area contributed by atoms with E-state index in [1.807, 2.05) is 12.1 Å². The molecule has 0 saturated heterocycles. The Hall–Kier alpha value is -2.43. The van der Waals surface area contributed by atoms with Crippen LogP contribution in [-0.4, -0.2) is 14.6 Å². The molecule has 0 fully saturated rings. The Kier molecular flexibility index (Phi) is 2.22. The van der Waals surface area contributed by atoms with Gasteiger partial charge in [-0.2, -0.15) is 0 Å². The number of halogens is 1. The summed E-state index contributed by atoms with van der Waals surface area (Å²) in [6.45, 7) is 0. The van der Waals surface area contributed by atoms with E-state index in [0.717, 1.165) is 0 Å². The van der Waals surface area contributed by atoms with E-state index in [-0.39, 0.29) is 5.82 Å². The van der Waals surface area contributed by atoms with Gasteiger partial charge in [-0.15, -0.1) is 10.2 Å². The van der Waals surface area contributed by atoms with Crippen molar-refractivity contribution in [1.29, 1.82) is 0 Å². The van der Waals surface area contributed by atoms with Gasteiger partial charge in [0.2, 0.25) is 5.88 Å². The van der Waals surface area contributed by atoms with Gasteiger partial charge in [-0.3, -0.25) is 4.40 Å². The van der Waals surface area contributed by atoms with E-state index in [4.69, 9.17) is 4.74 Å². The largest absolute Gasteiger partial charge is 0.440 e. The normalized spacial score (nSPS) is 10.6. The van der Waals surface area contributed by atoms with Crippen molar-refractivity contribution in [1.82, 2.24) is 14.6 Å². The molecular formula is C12H8FN3O. The third kappa shape index (κ3) is 1.82. The van der Waals surface area contributed by atoms with Crippen LogP contribution in [0.5, 0.6) is 11.6 Å². The van der Waals surface area contributed by atoms with Crippen molar-refractivity contribution in [2.45, 2.75) is 0 Å². The Morgan fingerprint density at radius 3 is 2.71 bits per heavy atom. The average Bonchev–Trinajstić information content (AvgIpc) is 2.81. The molecule has 0 aliphatic rings. The van der Waals surface area contributed by atoms with E-state index >= 15 is 0 Å². The molecule has 0 bridgehead atoms. The van der Waals surface area contributed by atoms with Crippen molar-refractivity contribution < 1.29 is 9.13 Å². The van der Waals surface area contributed by atoms with Gasteiger partial charge in [-0.05, 0) is 36.4 Å². The smallest absolute Gasteiger partial charge is 0.207 e. The summed E-state index contributed by atoms with van der Waals surface area (Å²) in [7, 11) is 0. The van der Waals surface area contributed by atoms with Gasteiger partial charge in [0.15, 0.2) is 5.65 Å². The zero-order valence-electron chi connectivity index (χ0n) is 8.75. The molecule has 0 spiro atoms. The van der Waals surface area contributed by atoms with Crippen LogP contribution in [-0.2, 0) is 0 Å². The van der Waals surface area contributed by atoms with E-state index in [2.05, 4.69) is 10.2 Å². The average molecular weight is 229 g/mol. The lowest BCUT2D eigenvalue weighted by Gasteiger charge is -2.06. The lowest BCUT2D eigenvalue weighted by Crippen LogP contribution is -1.92. The van der Waals surface area contributed by atoms with Crippen LogP contribution in [0, 0.1) is 5.82 Å². The minimum Gasteiger partial charge on any atom is -0.440 e. The van der Waals surface area contributed by atoms with Crippen LogP contribution in [0.3, 0.4) is 0 Å². The van der Waals surface area contributed by atoms with Crippen LogP contribution >= 0.6 is 0 Å². The maximum atomic E-state index is 12.7. The number of benzene rings is 1. The molecule has 1 aromatic carbocycles. The topological polar surface area (TPSA) is 39.4 Å². The second-order valence-corrected chi connectivity index (χ2v) is 3.48. The molecule has 3 rings (SSSR count). The molecule has 84 valence electrons. The summed E-state index contributed by atoms with van der Waals surface area (Å²) in [6, 6.07) is 11.3. The Labute approximate surface area is 96.3 Å². The minimum atomic E-state index is -0.292. The van der Waals surface area contributed by atoms with Crippen LogP contribution in [0.1, 0.15) is 0 Å². The fourth-order valence-corrected chi connectivity index (χ4v) is 1.53. The van der Waals surface area contributed by atoms with Crippen LogP contribution in [0.25, 0.3) is 5.65 Å². The number of pyridine rings is 1. The van der Waals surface area contributed by atoms with Crippen molar-refractivity contribution in [3.63, 3.8) is 0 Å². The monoisotopic (exact) mass is 229 g/mol. The zero-order valence-corrected chi connectivity index (χ0v) is 8.75. The first-order valence-electron chi connectivity index (χ1n) is 5.05. The van der Waals surface area contributed by atoms with E-state index in [9.17, 15) is 4.39 Å². The lowest BCUT2D eigenvalue weighted by atomic mass is 10.3.